The molecule has 2 saturated carbocycles. The number of carbonyl (C=O) groups is 2. The molecule has 0 atom stereocenters. The molecule has 2 fully saturated rings. The van der Waals surface area contributed by atoms with Crippen LogP contribution < -0.4 is 7.74 Å². The van der Waals surface area contributed by atoms with Crippen molar-refractivity contribution >= 4 is 19.6 Å². The number of carbonyl (C=O) groups excluding carboxylic acids is 2. The summed E-state index contributed by atoms with van der Waals surface area (Å²) in [6.07, 6.45) is 23.1. The molecule has 2 aromatic rings. The van der Waals surface area contributed by atoms with Gasteiger partial charge in [0.25, 0.3) is 0 Å². The first-order valence-electron chi connectivity index (χ1n) is 22.3. The maximum absolute atomic E-state index is 17.7. The van der Waals surface area contributed by atoms with Crippen molar-refractivity contribution in [3.8, 4) is 0 Å². The number of nitrogens with zero attached hydrogens (tertiary/aromatic N) is 2. The molecule has 9 heteroatoms. The summed E-state index contributed by atoms with van der Waals surface area (Å²) in [7, 11) is 0. The fourth-order valence-electron chi connectivity index (χ4n) is 10.1. The molecule has 6 rings (SSSR count). The summed E-state index contributed by atoms with van der Waals surface area (Å²) in [5.74, 6) is -2.44. The summed E-state index contributed by atoms with van der Waals surface area (Å²) in [4.78, 5) is 31.3. The molecule has 59 heavy (non-hydrogen) atoms. The molecule has 4 nitrogen and oxygen atoms in total. The number of rotatable bonds is 14. The summed E-state index contributed by atoms with van der Waals surface area (Å²) < 4.78 is 70.2. The third-order valence-corrected chi connectivity index (χ3v) is 21.1. The third kappa shape index (κ3) is 10.1. The number of amides is 2. The van der Waals surface area contributed by atoms with E-state index in [-0.39, 0.29) is 56.6 Å². The molecule has 2 amide bonds. The molecule has 2 aromatic carbocycles. The van der Waals surface area contributed by atoms with Gasteiger partial charge in [-0.3, -0.25) is 0 Å². The number of hydrogen-bond donors (Lipinski definition) is 0. The number of benzene rings is 2. The van der Waals surface area contributed by atoms with Crippen molar-refractivity contribution in [3.05, 3.63) is 103 Å². The van der Waals surface area contributed by atoms with E-state index in [9.17, 15) is 9.59 Å². The van der Waals surface area contributed by atoms with Crippen LogP contribution in [0.3, 0.4) is 0 Å². The van der Waals surface area contributed by atoms with Gasteiger partial charge in [-0.15, -0.1) is 0 Å². The Hall–Kier alpha value is -3.23. The zero-order chi connectivity index (χ0) is 42.5. The normalized spacial score (nSPS) is 18.0. The Kier molecular flexibility index (Phi) is 14.8. The molecule has 320 valence electrons. The molecular formula is C50H66F4N2O2Ti. The fraction of sp³-hybridized carbons (Fsp3) is 0.560. The summed E-state index contributed by atoms with van der Waals surface area (Å²) in [5, 5.41) is 0. The van der Waals surface area contributed by atoms with E-state index >= 15 is 17.6 Å². The van der Waals surface area contributed by atoms with Crippen molar-refractivity contribution in [3.63, 3.8) is 0 Å². The van der Waals surface area contributed by atoms with Gasteiger partial charge < -0.3 is 0 Å². The van der Waals surface area contributed by atoms with Crippen molar-refractivity contribution < 1.29 is 43.7 Å². The third-order valence-electron chi connectivity index (χ3n) is 13.2. The van der Waals surface area contributed by atoms with Crippen LogP contribution in [0.5, 0.6) is 0 Å². The average Bonchev–Trinajstić information content (AvgIpc) is 3.95. The van der Waals surface area contributed by atoms with Crippen molar-refractivity contribution in [1.82, 2.24) is 9.80 Å². The first-order valence-corrected chi connectivity index (χ1v) is 25.4. The molecule has 0 bridgehead atoms. The minimum atomic E-state index is -5.09. The van der Waals surface area contributed by atoms with Crippen molar-refractivity contribution in [2.75, 3.05) is 26.2 Å². The summed E-state index contributed by atoms with van der Waals surface area (Å²) in [6, 6.07) is 5.41. The molecule has 0 radical (unpaired) electrons. The van der Waals surface area contributed by atoms with Gasteiger partial charge in [-0.05, 0) is 0 Å². The Bertz CT molecular complexity index is 1830. The predicted molar refractivity (Wildman–Crippen MR) is 228 cm³/mol. The quantitative estimate of drug-likeness (QED) is 0.140. The Morgan fingerprint density at radius 2 is 0.966 bits per heavy atom. The van der Waals surface area contributed by atoms with Gasteiger partial charge >= 0.3 is 356 Å². The second-order valence-corrected chi connectivity index (χ2v) is 25.6. The molecule has 0 spiro atoms. The van der Waals surface area contributed by atoms with E-state index in [0.717, 1.165) is 51.4 Å². The van der Waals surface area contributed by atoms with Gasteiger partial charge in [0.05, 0.1) is 0 Å². The van der Waals surface area contributed by atoms with Crippen molar-refractivity contribution in [2.45, 2.75) is 131 Å². The Morgan fingerprint density at radius 3 is 1.29 bits per heavy atom. The van der Waals surface area contributed by atoms with E-state index < -0.39 is 50.7 Å². The van der Waals surface area contributed by atoms with Gasteiger partial charge in [0, 0.05) is 0 Å². The molecule has 4 aliphatic carbocycles. The van der Waals surface area contributed by atoms with E-state index in [0.29, 0.717) is 45.5 Å². The van der Waals surface area contributed by atoms with Gasteiger partial charge in [0.1, 0.15) is 0 Å². The standard InChI is InChI=1S/2C20H28F2NO.2C5H5.Ti/c2*1-20(2,3)19(24)23(14-15-7-5-4-6-8-15)12-11-16-9-10-17(21)13-18(16)22;2*1-2-4-5-3-1;/h2*9-10,15H,4-8,11-12,14H2,1-3H3;2*1-3H,4H2;. The predicted octanol–water partition coefficient (Wildman–Crippen LogP) is 11.0. The summed E-state index contributed by atoms with van der Waals surface area (Å²) in [5.41, 5.74) is -0.799. The van der Waals surface area contributed by atoms with Crippen LogP contribution in [0, 0.1) is 45.9 Å². The zero-order valence-electron chi connectivity index (χ0n) is 36.4. The van der Waals surface area contributed by atoms with E-state index in [2.05, 4.69) is 0 Å². The van der Waals surface area contributed by atoms with Gasteiger partial charge in [0.15, 0.2) is 0 Å². The maximum atomic E-state index is 17.7. The monoisotopic (exact) mass is 850 g/mol. The second kappa shape index (κ2) is 19.2. The molecule has 0 N–H and O–H groups in total. The molecule has 0 aromatic heterocycles. The van der Waals surface area contributed by atoms with Crippen LogP contribution in [0.4, 0.5) is 17.6 Å². The number of hydrogen-bond acceptors (Lipinski definition) is 2. The Balaban J connectivity index is 1.43. The Labute approximate surface area is 354 Å². The minimum absolute atomic E-state index is 0.00958. The van der Waals surface area contributed by atoms with Gasteiger partial charge in [-0.25, -0.2) is 0 Å². The van der Waals surface area contributed by atoms with Gasteiger partial charge in [-0.1, -0.05) is 0 Å². The molecule has 0 unspecified atom stereocenters. The van der Waals surface area contributed by atoms with E-state index in [1.807, 2.05) is 87.8 Å². The molecular weight excluding hydrogens is 784 g/mol. The van der Waals surface area contributed by atoms with Crippen LogP contribution in [-0.4, -0.2) is 47.8 Å². The molecule has 0 aliphatic heterocycles. The summed E-state index contributed by atoms with van der Waals surface area (Å²) in [6.45, 7) is 13.0. The van der Waals surface area contributed by atoms with Crippen molar-refractivity contribution in [1.29, 1.82) is 0 Å². The van der Waals surface area contributed by atoms with Crippen LogP contribution in [0.25, 0.3) is 0 Å². The van der Waals surface area contributed by atoms with Crippen LogP contribution in [0.1, 0.15) is 130 Å². The van der Waals surface area contributed by atoms with Crippen LogP contribution in [0.15, 0.2) is 68.5 Å². The van der Waals surface area contributed by atoms with Crippen molar-refractivity contribution in [2.24, 2.45) is 22.7 Å². The van der Waals surface area contributed by atoms with Crippen LogP contribution in [-0.2, 0) is 39.0 Å². The summed E-state index contributed by atoms with van der Waals surface area (Å²) >= 11 is -5.09. The molecule has 0 saturated heterocycles. The van der Waals surface area contributed by atoms with Crippen LogP contribution in [0.2, 0.25) is 0 Å². The van der Waals surface area contributed by atoms with E-state index in [4.69, 9.17) is 0 Å². The van der Waals surface area contributed by atoms with Gasteiger partial charge in [-0.2, -0.15) is 0 Å². The molecule has 0 heterocycles. The number of halogens is 4. The SMILES string of the molecule is CC(C)(C)C(=O)N(CCc1ccc(F)[c]([Ti]([C]2=CC=CC2)([C]2=CC=CC2)[c]2c(F)ccc(CCN(CC3CCCCC3)C(=O)C(C)(C)C)c2F)c1F)CC1CCCCC1. The second-order valence-electron chi connectivity index (χ2n) is 19.7. The first-order chi connectivity index (χ1) is 28.0. The Morgan fingerprint density at radius 1 is 0.593 bits per heavy atom. The molecule has 4 aliphatic rings. The zero-order valence-corrected chi connectivity index (χ0v) is 37.9. The average molecular weight is 851 g/mol. The van der Waals surface area contributed by atoms with E-state index in [1.165, 1.54) is 37.1 Å². The fourth-order valence-corrected chi connectivity index (χ4v) is 18.4. The topological polar surface area (TPSA) is 40.6 Å². The van der Waals surface area contributed by atoms with Crippen LogP contribution >= 0.6 is 0 Å². The van der Waals surface area contributed by atoms with Gasteiger partial charge in [0.2, 0.25) is 0 Å². The number of allylic oxidation sites excluding steroid dienone is 8. The van der Waals surface area contributed by atoms with E-state index in [1.54, 1.807) is 0 Å². The first kappa shape index (κ1) is 45.3.